The van der Waals surface area contributed by atoms with Crippen molar-refractivity contribution in [1.29, 1.82) is 0 Å². The second kappa shape index (κ2) is 5.19. The molecule has 90 valence electrons. The second-order valence-electron chi connectivity index (χ2n) is 3.89. The zero-order valence-corrected chi connectivity index (χ0v) is 10.5. The summed E-state index contributed by atoms with van der Waals surface area (Å²) in [4.78, 5) is 4.21. The molecule has 1 heterocycles. The number of nitrogens with zero attached hydrogens (tertiary/aromatic N) is 3. The zero-order valence-electron chi connectivity index (χ0n) is 9.73. The van der Waals surface area contributed by atoms with Gasteiger partial charge in [-0.3, -0.25) is 0 Å². The fourth-order valence-electron chi connectivity index (χ4n) is 1.64. The fraction of sp³-hybridized carbons (Fsp3) is 0.333. The Morgan fingerprint density at radius 3 is 2.82 bits per heavy atom. The quantitative estimate of drug-likeness (QED) is 0.907. The van der Waals surface area contributed by atoms with Crippen LogP contribution in [0.2, 0.25) is 5.02 Å². The van der Waals surface area contributed by atoms with Gasteiger partial charge in [-0.15, -0.1) is 0 Å². The van der Waals surface area contributed by atoms with E-state index in [2.05, 4.69) is 17.0 Å². The lowest BCUT2D eigenvalue weighted by atomic mass is 10.2. The number of benzene rings is 1. The van der Waals surface area contributed by atoms with Gasteiger partial charge in [0, 0.05) is 11.4 Å². The Morgan fingerprint density at radius 1 is 1.35 bits per heavy atom. The van der Waals surface area contributed by atoms with E-state index < -0.39 is 0 Å². The summed E-state index contributed by atoms with van der Waals surface area (Å²) in [6, 6.07) is 7.67. The van der Waals surface area contributed by atoms with E-state index in [0.717, 1.165) is 29.3 Å². The average molecular weight is 251 g/mol. The molecule has 2 N–H and O–H groups in total. The van der Waals surface area contributed by atoms with Crippen molar-refractivity contribution in [2.75, 3.05) is 5.73 Å². The first-order valence-electron chi connectivity index (χ1n) is 5.63. The maximum Gasteiger partial charge on any atom is 0.219 e. The molecule has 0 spiro atoms. The Balaban J connectivity index is 2.21. The molecule has 0 saturated carbocycles. The molecular formula is C12H15ClN4. The molecule has 4 nitrogen and oxygen atoms in total. The second-order valence-corrected chi connectivity index (χ2v) is 4.29. The van der Waals surface area contributed by atoms with Gasteiger partial charge in [-0.05, 0) is 18.1 Å². The molecule has 1 aromatic heterocycles. The molecule has 0 amide bonds. The number of nitrogen functional groups attached to an aromatic ring is 1. The minimum Gasteiger partial charge on any atom is -0.368 e. The van der Waals surface area contributed by atoms with E-state index in [9.17, 15) is 0 Å². The van der Waals surface area contributed by atoms with Crippen LogP contribution in [0.15, 0.2) is 24.3 Å². The van der Waals surface area contributed by atoms with E-state index in [0.29, 0.717) is 12.5 Å². The summed E-state index contributed by atoms with van der Waals surface area (Å²) >= 11 is 6.09. The summed E-state index contributed by atoms with van der Waals surface area (Å²) in [6.45, 7) is 2.65. The molecule has 1 aromatic carbocycles. The van der Waals surface area contributed by atoms with Crippen molar-refractivity contribution in [2.24, 2.45) is 0 Å². The Bertz CT molecular complexity index is 507. The van der Waals surface area contributed by atoms with Crippen molar-refractivity contribution >= 4 is 17.5 Å². The highest BCUT2D eigenvalue weighted by Crippen LogP contribution is 2.17. The first-order valence-corrected chi connectivity index (χ1v) is 6.01. The third kappa shape index (κ3) is 2.77. The summed E-state index contributed by atoms with van der Waals surface area (Å²) in [5.74, 6) is 1.23. The summed E-state index contributed by atoms with van der Waals surface area (Å²) in [6.07, 6.45) is 1.86. The van der Waals surface area contributed by atoms with E-state index in [1.807, 2.05) is 24.3 Å². The number of aryl methyl sites for hydroxylation is 1. The van der Waals surface area contributed by atoms with Crippen LogP contribution in [-0.2, 0) is 13.0 Å². The molecule has 0 saturated heterocycles. The summed E-state index contributed by atoms with van der Waals surface area (Å²) < 4.78 is 1.69. The Kier molecular flexibility index (Phi) is 3.64. The average Bonchev–Trinajstić information content (AvgIpc) is 2.63. The lowest BCUT2D eigenvalue weighted by Crippen LogP contribution is -2.06. The molecule has 0 bridgehead atoms. The number of anilines is 1. The van der Waals surface area contributed by atoms with E-state index in [4.69, 9.17) is 17.3 Å². The first kappa shape index (κ1) is 11.9. The fourth-order valence-corrected chi connectivity index (χ4v) is 1.83. The highest BCUT2D eigenvalue weighted by Gasteiger charge is 2.08. The predicted octanol–water partition coefficient (Wildman–Crippen LogP) is 2.51. The van der Waals surface area contributed by atoms with E-state index in [1.54, 1.807) is 4.68 Å². The normalized spacial score (nSPS) is 10.7. The van der Waals surface area contributed by atoms with Gasteiger partial charge >= 0.3 is 0 Å². The maximum absolute atomic E-state index is 6.09. The lowest BCUT2D eigenvalue weighted by molar-refractivity contribution is 0.676. The number of nitrogens with two attached hydrogens (primary N) is 1. The van der Waals surface area contributed by atoms with Gasteiger partial charge in [0.25, 0.3) is 0 Å². The van der Waals surface area contributed by atoms with E-state index in [1.165, 1.54) is 0 Å². The largest absolute Gasteiger partial charge is 0.368 e. The van der Waals surface area contributed by atoms with Crippen LogP contribution < -0.4 is 5.73 Å². The topological polar surface area (TPSA) is 56.7 Å². The van der Waals surface area contributed by atoms with Gasteiger partial charge in [-0.25, -0.2) is 4.68 Å². The van der Waals surface area contributed by atoms with Crippen molar-refractivity contribution in [3.8, 4) is 0 Å². The van der Waals surface area contributed by atoms with Crippen LogP contribution in [-0.4, -0.2) is 14.8 Å². The highest BCUT2D eigenvalue weighted by atomic mass is 35.5. The van der Waals surface area contributed by atoms with Crippen molar-refractivity contribution in [3.63, 3.8) is 0 Å². The van der Waals surface area contributed by atoms with Crippen molar-refractivity contribution in [3.05, 3.63) is 40.7 Å². The van der Waals surface area contributed by atoms with Gasteiger partial charge < -0.3 is 5.73 Å². The zero-order chi connectivity index (χ0) is 12.3. The first-order chi connectivity index (χ1) is 8.20. The minimum atomic E-state index is 0.438. The van der Waals surface area contributed by atoms with E-state index >= 15 is 0 Å². The molecule has 2 rings (SSSR count). The molecule has 0 aliphatic carbocycles. The monoisotopic (exact) mass is 250 g/mol. The number of rotatable bonds is 4. The molecule has 17 heavy (non-hydrogen) atoms. The molecule has 0 radical (unpaired) electrons. The molecular weight excluding hydrogens is 236 g/mol. The number of halogens is 1. The van der Waals surface area contributed by atoms with Crippen LogP contribution in [0.25, 0.3) is 0 Å². The third-order valence-corrected chi connectivity index (χ3v) is 2.86. The molecule has 2 aromatic rings. The van der Waals surface area contributed by atoms with Gasteiger partial charge in [0.1, 0.15) is 0 Å². The Labute approximate surface area is 105 Å². The van der Waals surface area contributed by atoms with Gasteiger partial charge in [0.05, 0.1) is 6.54 Å². The summed E-state index contributed by atoms with van der Waals surface area (Å²) in [5.41, 5.74) is 6.81. The van der Waals surface area contributed by atoms with Crippen LogP contribution in [0.5, 0.6) is 0 Å². The molecule has 0 fully saturated rings. The number of hydrogen-bond donors (Lipinski definition) is 1. The smallest absolute Gasteiger partial charge is 0.219 e. The van der Waals surface area contributed by atoms with Crippen molar-refractivity contribution in [2.45, 2.75) is 26.3 Å². The molecule has 5 heteroatoms. The number of hydrogen-bond acceptors (Lipinski definition) is 3. The van der Waals surface area contributed by atoms with Crippen LogP contribution in [0.1, 0.15) is 24.7 Å². The van der Waals surface area contributed by atoms with Crippen molar-refractivity contribution < 1.29 is 0 Å². The van der Waals surface area contributed by atoms with Gasteiger partial charge in [-0.1, -0.05) is 36.7 Å². The van der Waals surface area contributed by atoms with Gasteiger partial charge in [0.15, 0.2) is 5.82 Å². The molecule has 0 atom stereocenters. The summed E-state index contributed by atoms with van der Waals surface area (Å²) in [7, 11) is 0. The summed E-state index contributed by atoms with van der Waals surface area (Å²) in [5, 5.41) is 5.08. The molecule has 0 aliphatic heterocycles. The molecule has 0 aliphatic rings. The predicted molar refractivity (Wildman–Crippen MR) is 69.0 cm³/mol. The molecule has 0 unspecified atom stereocenters. The number of aromatic nitrogens is 3. The van der Waals surface area contributed by atoms with E-state index in [-0.39, 0.29) is 0 Å². The Morgan fingerprint density at radius 2 is 2.12 bits per heavy atom. The Hall–Kier alpha value is -1.55. The van der Waals surface area contributed by atoms with Gasteiger partial charge in [0.2, 0.25) is 5.95 Å². The lowest BCUT2D eigenvalue weighted by Gasteiger charge is -2.04. The highest BCUT2D eigenvalue weighted by molar-refractivity contribution is 6.31. The minimum absolute atomic E-state index is 0.438. The van der Waals surface area contributed by atoms with Crippen LogP contribution >= 0.6 is 11.6 Å². The van der Waals surface area contributed by atoms with Crippen LogP contribution in [0.3, 0.4) is 0 Å². The maximum atomic E-state index is 6.09. The van der Waals surface area contributed by atoms with Crippen LogP contribution in [0.4, 0.5) is 5.95 Å². The third-order valence-electron chi connectivity index (χ3n) is 2.50. The standard InChI is InChI=1S/C12H15ClN4/c1-2-5-11-15-12(14)17(16-11)8-9-6-3-4-7-10(9)13/h3-4,6-7H,2,5,8H2,1H3,(H2,14,15,16). The van der Waals surface area contributed by atoms with Gasteiger partial charge in [-0.2, -0.15) is 10.1 Å². The van der Waals surface area contributed by atoms with Crippen molar-refractivity contribution in [1.82, 2.24) is 14.8 Å². The van der Waals surface area contributed by atoms with Crippen LogP contribution in [0, 0.1) is 0 Å². The SMILES string of the molecule is CCCc1nc(N)n(Cc2ccccc2Cl)n1.